The lowest BCUT2D eigenvalue weighted by atomic mass is 10.0. The molecule has 0 saturated carbocycles. The van der Waals surface area contributed by atoms with Crippen LogP contribution in [-0.4, -0.2) is 35.3 Å². The molecule has 1 unspecified atom stereocenters. The van der Waals surface area contributed by atoms with Gasteiger partial charge in [0.1, 0.15) is 13.2 Å². The normalized spacial score (nSPS) is 15.2. The molecule has 0 aliphatic carbocycles. The van der Waals surface area contributed by atoms with Crippen molar-refractivity contribution in [1.82, 2.24) is 20.3 Å². The minimum Gasteiger partial charge on any atom is -0.486 e. The molecule has 1 aromatic heterocycles. The van der Waals surface area contributed by atoms with Crippen molar-refractivity contribution in [3.63, 3.8) is 0 Å². The third-order valence-corrected chi connectivity index (χ3v) is 3.86. The first-order valence-electron chi connectivity index (χ1n) is 6.33. The topological polar surface area (TPSA) is 61.2 Å². The second-order valence-electron chi connectivity index (χ2n) is 4.48. The maximum absolute atomic E-state index is 5.78. The average molecular weight is 339 g/mol. The molecule has 0 bridgehead atoms. The first kappa shape index (κ1) is 13.4. The van der Waals surface area contributed by atoms with Crippen LogP contribution in [-0.2, 0) is 7.05 Å². The summed E-state index contributed by atoms with van der Waals surface area (Å²) < 4.78 is 13.9. The van der Waals surface area contributed by atoms with Gasteiger partial charge in [-0.1, -0.05) is 17.3 Å². The van der Waals surface area contributed by atoms with E-state index in [1.54, 1.807) is 4.68 Å². The molecule has 1 N–H and O–H groups in total. The number of nitrogens with one attached hydrogen (secondary N) is 1. The Labute approximate surface area is 125 Å². The highest BCUT2D eigenvalue weighted by Gasteiger charge is 2.26. The van der Waals surface area contributed by atoms with E-state index in [-0.39, 0.29) is 6.04 Å². The SMILES string of the molecule is CNC(c1cccc2c1OCCO2)c1c(Br)nnn1C. The lowest BCUT2D eigenvalue weighted by Gasteiger charge is -2.25. The van der Waals surface area contributed by atoms with E-state index >= 15 is 0 Å². The fraction of sp³-hybridized carbons (Fsp3) is 0.385. The molecular weight excluding hydrogens is 324 g/mol. The highest BCUT2D eigenvalue weighted by Crippen LogP contribution is 2.39. The van der Waals surface area contributed by atoms with Gasteiger partial charge in [-0.15, -0.1) is 5.10 Å². The molecule has 106 valence electrons. The molecule has 20 heavy (non-hydrogen) atoms. The maximum atomic E-state index is 5.78. The predicted molar refractivity (Wildman–Crippen MR) is 77.0 cm³/mol. The van der Waals surface area contributed by atoms with Gasteiger partial charge in [-0.25, -0.2) is 4.68 Å². The Kier molecular flexibility index (Phi) is 3.62. The molecule has 1 aromatic carbocycles. The number of ether oxygens (including phenoxy) is 2. The lowest BCUT2D eigenvalue weighted by Crippen LogP contribution is -2.24. The number of aryl methyl sites for hydroxylation is 1. The summed E-state index contributed by atoms with van der Waals surface area (Å²) in [5, 5.41) is 11.4. The van der Waals surface area contributed by atoms with E-state index < -0.39 is 0 Å². The second kappa shape index (κ2) is 5.41. The van der Waals surface area contributed by atoms with Crippen molar-refractivity contribution in [3.8, 4) is 11.5 Å². The van der Waals surface area contributed by atoms with Crippen LogP contribution in [0.5, 0.6) is 11.5 Å². The zero-order valence-electron chi connectivity index (χ0n) is 11.3. The summed E-state index contributed by atoms with van der Waals surface area (Å²) >= 11 is 3.45. The van der Waals surface area contributed by atoms with Gasteiger partial charge in [0.2, 0.25) is 0 Å². The Bertz CT molecular complexity index is 609. The summed E-state index contributed by atoms with van der Waals surface area (Å²) in [5.41, 5.74) is 1.95. The van der Waals surface area contributed by atoms with E-state index in [1.807, 2.05) is 32.3 Å². The van der Waals surface area contributed by atoms with Gasteiger partial charge in [-0.05, 0) is 29.0 Å². The Morgan fingerprint density at radius 1 is 1.35 bits per heavy atom. The highest BCUT2D eigenvalue weighted by atomic mass is 79.9. The highest BCUT2D eigenvalue weighted by molar-refractivity contribution is 9.10. The van der Waals surface area contributed by atoms with Crippen LogP contribution in [0.2, 0.25) is 0 Å². The number of benzene rings is 1. The quantitative estimate of drug-likeness (QED) is 0.922. The first-order chi connectivity index (χ1) is 9.72. The smallest absolute Gasteiger partial charge is 0.166 e. The second-order valence-corrected chi connectivity index (χ2v) is 5.23. The van der Waals surface area contributed by atoms with Gasteiger partial charge in [0.05, 0.1) is 11.7 Å². The predicted octanol–water partition coefficient (Wildman–Crippen LogP) is 1.66. The van der Waals surface area contributed by atoms with Gasteiger partial charge in [-0.3, -0.25) is 0 Å². The molecular formula is C13H15BrN4O2. The fourth-order valence-electron chi connectivity index (χ4n) is 2.41. The molecule has 2 heterocycles. The molecule has 6 nitrogen and oxygen atoms in total. The number of hydrogen-bond acceptors (Lipinski definition) is 5. The van der Waals surface area contributed by atoms with Gasteiger partial charge in [0.15, 0.2) is 16.1 Å². The van der Waals surface area contributed by atoms with Crippen molar-refractivity contribution in [2.75, 3.05) is 20.3 Å². The van der Waals surface area contributed by atoms with Gasteiger partial charge >= 0.3 is 0 Å². The molecule has 0 radical (unpaired) electrons. The fourth-order valence-corrected chi connectivity index (χ4v) is 2.96. The van der Waals surface area contributed by atoms with Crippen molar-refractivity contribution >= 4 is 15.9 Å². The number of fused-ring (bicyclic) bond motifs is 1. The Balaban J connectivity index is 2.11. The number of halogens is 1. The lowest BCUT2D eigenvalue weighted by molar-refractivity contribution is 0.169. The summed E-state index contributed by atoms with van der Waals surface area (Å²) in [4.78, 5) is 0. The minimum atomic E-state index is -0.0824. The van der Waals surface area contributed by atoms with Crippen molar-refractivity contribution in [1.29, 1.82) is 0 Å². The first-order valence-corrected chi connectivity index (χ1v) is 7.12. The average Bonchev–Trinajstić information content (AvgIpc) is 2.81. The largest absolute Gasteiger partial charge is 0.486 e. The third-order valence-electron chi connectivity index (χ3n) is 3.30. The van der Waals surface area contributed by atoms with E-state index in [1.165, 1.54) is 0 Å². The molecule has 7 heteroatoms. The van der Waals surface area contributed by atoms with Crippen LogP contribution in [0, 0.1) is 0 Å². The number of rotatable bonds is 3. The van der Waals surface area contributed by atoms with Crippen LogP contribution in [0.15, 0.2) is 22.8 Å². The summed E-state index contributed by atoms with van der Waals surface area (Å²) in [6.07, 6.45) is 0. The Hall–Kier alpha value is -1.60. The molecule has 3 rings (SSSR count). The molecule has 1 aliphatic heterocycles. The molecule has 0 spiro atoms. The van der Waals surface area contributed by atoms with Crippen LogP contribution in [0.1, 0.15) is 17.3 Å². The van der Waals surface area contributed by atoms with E-state index in [0.717, 1.165) is 22.8 Å². The number of nitrogens with zero attached hydrogens (tertiary/aromatic N) is 3. The molecule has 1 atom stereocenters. The van der Waals surface area contributed by atoms with Gasteiger partial charge in [0, 0.05) is 12.6 Å². The monoisotopic (exact) mass is 338 g/mol. The Morgan fingerprint density at radius 3 is 2.85 bits per heavy atom. The summed E-state index contributed by atoms with van der Waals surface area (Å²) in [7, 11) is 3.76. The van der Waals surface area contributed by atoms with Crippen LogP contribution in [0.25, 0.3) is 0 Å². The van der Waals surface area contributed by atoms with E-state index in [4.69, 9.17) is 9.47 Å². The summed E-state index contributed by atoms with van der Waals surface area (Å²) in [6, 6.07) is 5.82. The van der Waals surface area contributed by atoms with Crippen LogP contribution in [0.3, 0.4) is 0 Å². The molecule has 1 aliphatic rings. The third kappa shape index (κ3) is 2.16. The zero-order valence-corrected chi connectivity index (χ0v) is 12.8. The number of aromatic nitrogens is 3. The van der Waals surface area contributed by atoms with Crippen molar-refractivity contribution < 1.29 is 9.47 Å². The van der Waals surface area contributed by atoms with Crippen LogP contribution in [0.4, 0.5) is 0 Å². The molecule has 0 fully saturated rings. The van der Waals surface area contributed by atoms with Gasteiger partial charge in [-0.2, -0.15) is 0 Å². The molecule has 0 saturated heterocycles. The van der Waals surface area contributed by atoms with Crippen LogP contribution < -0.4 is 14.8 Å². The standard InChI is InChI=1S/C13H15BrN4O2/c1-15-10(11-13(14)16-17-18(11)2)8-4-3-5-9-12(8)20-7-6-19-9/h3-5,10,15H,6-7H2,1-2H3. The van der Waals surface area contributed by atoms with Crippen molar-refractivity contribution in [3.05, 3.63) is 34.1 Å². The minimum absolute atomic E-state index is 0.0824. The van der Waals surface area contributed by atoms with Crippen molar-refractivity contribution in [2.24, 2.45) is 7.05 Å². The maximum Gasteiger partial charge on any atom is 0.166 e. The Morgan fingerprint density at radius 2 is 2.15 bits per heavy atom. The number of hydrogen-bond donors (Lipinski definition) is 1. The summed E-state index contributed by atoms with van der Waals surface area (Å²) in [6.45, 7) is 1.14. The van der Waals surface area contributed by atoms with E-state index in [0.29, 0.717) is 17.8 Å². The van der Waals surface area contributed by atoms with Gasteiger partial charge in [0.25, 0.3) is 0 Å². The molecule has 0 amide bonds. The zero-order chi connectivity index (χ0) is 14.1. The van der Waals surface area contributed by atoms with Crippen molar-refractivity contribution in [2.45, 2.75) is 6.04 Å². The van der Waals surface area contributed by atoms with Crippen LogP contribution >= 0.6 is 15.9 Å². The van der Waals surface area contributed by atoms with E-state index in [9.17, 15) is 0 Å². The van der Waals surface area contributed by atoms with E-state index in [2.05, 4.69) is 31.6 Å². The summed E-state index contributed by atoms with van der Waals surface area (Å²) in [5.74, 6) is 1.56. The molecule has 2 aromatic rings. The van der Waals surface area contributed by atoms with Gasteiger partial charge < -0.3 is 14.8 Å². The number of para-hydroxylation sites is 1.